The third kappa shape index (κ3) is 4.42. The minimum absolute atomic E-state index is 0.0786. The summed E-state index contributed by atoms with van der Waals surface area (Å²) in [6.45, 7) is 5.83. The number of thiocarbonyl (C=S) groups is 1. The van der Waals surface area contributed by atoms with E-state index < -0.39 is 0 Å². The van der Waals surface area contributed by atoms with Gasteiger partial charge in [0.25, 0.3) is 0 Å². The fraction of sp³-hybridized carbons (Fsp3) is 0.923. The first kappa shape index (κ1) is 15.3. The molecule has 0 aliphatic carbocycles. The van der Waals surface area contributed by atoms with Crippen LogP contribution < -0.4 is 5.73 Å². The monoisotopic (exact) mass is 274 g/mol. The van der Waals surface area contributed by atoms with Gasteiger partial charge in [0.1, 0.15) is 0 Å². The molecule has 0 aromatic heterocycles. The van der Waals surface area contributed by atoms with Crippen molar-refractivity contribution in [2.24, 2.45) is 5.73 Å². The number of hydrogen-bond donors (Lipinski definition) is 1. The van der Waals surface area contributed by atoms with Gasteiger partial charge < -0.3 is 10.6 Å². The molecular formula is C13H26N2S2. The summed E-state index contributed by atoms with van der Waals surface area (Å²) < 4.78 is 0.0786. The number of nitrogens with zero attached hydrogens (tertiary/aromatic N) is 1. The van der Waals surface area contributed by atoms with Gasteiger partial charge in [0.2, 0.25) is 0 Å². The highest BCUT2D eigenvalue weighted by Gasteiger charge is 2.36. The van der Waals surface area contributed by atoms with Crippen LogP contribution in [0.2, 0.25) is 0 Å². The quantitative estimate of drug-likeness (QED) is 0.571. The van der Waals surface area contributed by atoms with Crippen LogP contribution in [0, 0.1) is 0 Å². The Morgan fingerprint density at radius 1 is 1.29 bits per heavy atom. The summed E-state index contributed by atoms with van der Waals surface area (Å²) in [5.41, 5.74) is 5.89. The number of hydrogen-bond acceptors (Lipinski definition) is 3. The molecule has 4 heteroatoms. The zero-order valence-electron chi connectivity index (χ0n) is 11.2. The number of thioether (sulfide) groups is 1. The summed E-state index contributed by atoms with van der Waals surface area (Å²) in [7, 11) is 0. The third-order valence-corrected chi connectivity index (χ3v) is 5.76. The summed E-state index contributed by atoms with van der Waals surface area (Å²) in [6.07, 6.45) is 9.78. The van der Waals surface area contributed by atoms with Gasteiger partial charge >= 0.3 is 0 Å². The van der Waals surface area contributed by atoms with E-state index in [1.165, 1.54) is 32.2 Å². The van der Waals surface area contributed by atoms with Gasteiger partial charge in [0, 0.05) is 0 Å². The second-order valence-electron chi connectivity index (χ2n) is 4.96. The normalized spacial score (nSPS) is 20.4. The summed E-state index contributed by atoms with van der Waals surface area (Å²) in [5, 5.41) is 0. The van der Waals surface area contributed by atoms with Gasteiger partial charge in [-0.15, -0.1) is 0 Å². The van der Waals surface area contributed by atoms with Crippen LogP contribution in [0.4, 0.5) is 0 Å². The van der Waals surface area contributed by atoms with Crippen molar-refractivity contribution in [3.63, 3.8) is 0 Å². The lowest BCUT2D eigenvalue weighted by Crippen LogP contribution is -2.49. The van der Waals surface area contributed by atoms with E-state index in [9.17, 15) is 0 Å². The highest BCUT2D eigenvalue weighted by atomic mass is 32.2. The molecule has 1 heterocycles. The zero-order valence-corrected chi connectivity index (χ0v) is 12.8. The molecule has 0 aromatic rings. The molecule has 1 aliphatic heterocycles. The molecule has 1 rings (SSSR count). The van der Waals surface area contributed by atoms with Gasteiger partial charge in [-0.25, -0.2) is 0 Å². The Bertz CT molecular complexity index is 236. The Kier molecular flexibility index (Phi) is 6.82. The molecule has 0 aromatic carbocycles. The van der Waals surface area contributed by atoms with Gasteiger partial charge in [-0.3, -0.25) is 0 Å². The highest BCUT2D eigenvalue weighted by Crippen LogP contribution is 2.34. The first-order chi connectivity index (χ1) is 8.14. The molecule has 0 saturated carbocycles. The molecule has 2 N–H and O–H groups in total. The standard InChI is InChI=1S/C13H26N2S2/c1-3-4-5-6-9-15-10-7-13(17-2,8-11-15)12(14)16/h3-11H2,1-2H3,(H2,14,16). The average Bonchev–Trinajstić information content (AvgIpc) is 2.35. The van der Waals surface area contributed by atoms with E-state index in [4.69, 9.17) is 18.0 Å². The molecule has 1 saturated heterocycles. The number of rotatable bonds is 7. The van der Waals surface area contributed by atoms with Crippen LogP contribution in [0.15, 0.2) is 0 Å². The molecule has 0 unspecified atom stereocenters. The Labute approximate surface area is 116 Å². The molecule has 0 atom stereocenters. The van der Waals surface area contributed by atoms with Crippen molar-refractivity contribution in [3.8, 4) is 0 Å². The van der Waals surface area contributed by atoms with Crippen molar-refractivity contribution in [1.82, 2.24) is 4.90 Å². The van der Waals surface area contributed by atoms with Crippen molar-refractivity contribution in [2.45, 2.75) is 50.2 Å². The maximum atomic E-state index is 5.89. The van der Waals surface area contributed by atoms with Gasteiger partial charge in [0.15, 0.2) is 0 Å². The molecule has 0 radical (unpaired) electrons. The van der Waals surface area contributed by atoms with E-state index in [0.29, 0.717) is 4.99 Å². The van der Waals surface area contributed by atoms with Crippen molar-refractivity contribution >= 4 is 29.0 Å². The van der Waals surface area contributed by atoms with Gasteiger partial charge in [-0.2, -0.15) is 11.8 Å². The van der Waals surface area contributed by atoms with E-state index in [-0.39, 0.29) is 4.75 Å². The lowest BCUT2D eigenvalue weighted by Gasteiger charge is -2.40. The van der Waals surface area contributed by atoms with E-state index in [1.54, 1.807) is 0 Å². The Hall–Kier alpha value is 0.200. The summed E-state index contributed by atoms with van der Waals surface area (Å²) in [4.78, 5) is 3.28. The number of unbranched alkanes of at least 4 members (excludes halogenated alkanes) is 3. The van der Waals surface area contributed by atoms with Crippen LogP contribution in [-0.4, -0.2) is 40.5 Å². The van der Waals surface area contributed by atoms with Crippen molar-refractivity contribution in [2.75, 3.05) is 25.9 Å². The topological polar surface area (TPSA) is 29.3 Å². The summed E-state index contributed by atoms with van der Waals surface area (Å²) in [5.74, 6) is 0. The second kappa shape index (κ2) is 7.59. The van der Waals surface area contributed by atoms with Crippen LogP contribution in [0.3, 0.4) is 0 Å². The first-order valence-corrected chi connectivity index (χ1v) is 8.35. The maximum absolute atomic E-state index is 5.89. The van der Waals surface area contributed by atoms with Crippen LogP contribution in [0.5, 0.6) is 0 Å². The van der Waals surface area contributed by atoms with Gasteiger partial charge in [-0.05, 0) is 45.2 Å². The Morgan fingerprint density at radius 3 is 2.41 bits per heavy atom. The lowest BCUT2D eigenvalue weighted by molar-refractivity contribution is 0.216. The molecule has 1 fully saturated rings. The number of piperidine rings is 1. The highest BCUT2D eigenvalue weighted by molar-refractivity contribution is 8.01. The molecule has 1 aliphatic rings. The second-order valence-corrected chi connectivity index (χ2v) is 6.59. The van der Waals surface area contributed by atoms with Crippen LogP contribution in [0.1, 0.15) is 45.4 Å². The molecule has 100 valence electrons. The maximum Gasteiger partial charge on any atom is 0.0891 e. The van der Waals surface area contributed by atoms with Crippen molar-refractivity contribution < 1.29 is 0 Å². The van der Waals surface area contributed by atoms with Crippen molar-refractivity contribution in [1.29, 1.82) is 0 Å². The number of likely N-dealkylation sites (tertiary alicyclic amines) is 1. The van der Waals surface area contributed by atoms with Crippen LogP contribution in [0.25, 0.3) is 0 Å². The Morgan fingerprint density at radius 2 is 1.94 bits per heavy atom. The minimum Gasteiger partial charge on any atom is -0.392 e. The fourth-order valence-corrected chi connectivity index (χ4v) is 3.70. The predicted molar refractivity (Wildman–Crippen MR) is 82.8 cm³/mol. The van der Waals surface area contributed by atoms with Crippen LogP contribution >= 0.6 is 24.0 Å². The van der Waals surface area contributed by atoms with E-state index in [1.807, 2.05) is 11.8 Å². The third-order valence-electron chi connectivity index (χ3n) is 3.83. The Balaban J connectivity index is 2.27. The molecule has 0 bridgehead atoms. The number of nitrogens with two attached hydrogens (primary N) is 1. The van der Waals surface area contributed by atoms with E-state index in [0.717, 1.165) is 25.9 Å². The SMILES string of the molecule is CCCCCCN1CCC(SC)(C(N)=S)CC1. The summed E-state index contributed by atoms with van der Waals surface area (Å²) >= 11 is 7.07. The van der Waals surface area contributed by atoms with Gasteiger partial charge in [-0.1, -0.05) is 38.4 Å². The largest absolute Gasteiger partial charge is 0.392 e. The molecule has 0 amide bonds. The fourth-order valence-electron chi connectivity index (χ4n) is 2.45. The zero-order chi connectivity index (χ0) is 12.7. The average molecular weight is 274 g/mol. The van der Waals surface area contributed by atoms with Gasteiger partial charge in [0.05, 0.1) is 9.74 Å². The van der Waals surface area contributed by atoms with E-state index >= 15 is 0 Å². The summed E-state index contributed by atoms with van der Waals surface area (Å²) in [6, 6.07) is 0. The first-order valence-electron chi connectivity index (χ1n) is 6.72. The minimum atomic E-state index is 0.0786. The predicted octanol–water partition coefficient (Wildman–Crippen LogP) is 3.05. The van der Waals surface area contributed by atoms with Crippen molar-refractivity contribution in [3.05, 3.63) is 0 Å². The van der Waals surface area contributed by atoms with Crippen LogP contribution in [-0.2, 0) is 0 Å². The molecule has 2 nitrogen and oxygen atoms in total. The molecule has 0 spiro atoms. The molecule has 17 heavy (non-hydrogen) atoms. The smallest absolute Gasteiger partial charge is 0.0891 e. The van der Waals surface area contributed by atoms with E-state index in [2.05, 4.69) is 18.1 Å². The molecular weight excluding hydrogens is 248 g/mol. The lowest BCUT2D eigenvalue weighted by atomic mass is 9.95.